The Morgan fingerprint density at radius 2 is 1.38 bits per heavy atom. The summed E-state index contributed by atoms with van der Waals surface area (Å²) in [5.41, 5.74) is -0.804. The third-order valence-electron chi connectivity index (χ3n) is 9.14. The highest BCUT2D eigenvalue weighted by Crippen LogP contribution is 2.45. The van der Waals surface area contributed by atoms with Gasteiger partial charge in [-0.25, -0.2) is 4.79 Å². The van der Waals surface area contributed by atoms with Gasteiger partial charge in [-0.2, -0.15) is 0 Å². The minimum absolute atomic E-state index is 0.0230. The smallest absolute Gasteiger partial charge is 0.407 e. The lowest BCUT2D eigenvalue weighted by atomic mass is 9.62. The Labute approximate surface area is 285 Å². The van der Waals surface area contributed by atoms with Crippen molar-refractivity contribution >= 4 is 12.1 Å². The fourth-order valence-corrected chi connectivity index (χ4v) is 6.58. The lowest BCUT2D eigenvalue weighted by Gasteiger charge is -2.47. The molecule has 0 spiro atoms. The summed E-state index contributed by atoms with van der Waals surface area (Å²) in [6.45, 7) is 26.8. The summed E-state index contributed by atoms with van der Waals surface area (Å²) in [5.74, 6) is -0.235. The summed E-state index contributed by atoms with van der Waals surface area (Å²) in [7, 11) is 1.67. The molecule has 0 aliphatic heterocycles. The molecule has 1 aliphatic rings. The van der Waals surface area contributed by atoms with Crippen LogP contribution in [-0.4, -0.2) is 97.8 Å². The van der Waals surface area contributed by atoms with Crippen LogP contribution >= 0.6 is 0 Å². The number of esters is 1. The number of alkyl carbamates (subject to hydrolysis) is 1. The molecule has 1 amide bonds. The first kappa shape index (κ1) is 42.8. The van der Waals surface area contributed by atoms with E-state index in [0.29, 0.717) is 59.4 Å². The minimum Gasteiger partial charge on any atom is -0.465 e. The maximum Gasteiger partial charge on any atom is 0.407 e. The molecule has 10 nitrogen and oxygen atoms in total. The number of carbonyl (C=O) groups excluding carboxylic acids is 2. The van der Waals surface area contributed by atoms with Crippen molar-refractivity contribution in [3.8, 4) is 0 Å². The van der Waals surface area contributed by atoms with Gasteiger partial charge >= 0.3 is 12.1 Å². The summed E-state index contributed by atoms with van der Waals surface area (Å²) in [4.78, 5) is 25.7. The fraction of sp³-hybridized carbons (Fsp3) is 0.784. The first-order chi connectivity index (χ1) is 22.4. The first-order valence-electron chi connectivity index (χ1n) is 17.2. The van der Waals surface area contributed by atoms with Gasteiger partial charge < -0.3 is 39.1 Å². The topological polar surface area (TPSA) is 114 Å². The number of hydrogen-bond donors (Lipinski definition) is 2. The third-order valence-corrected chi connectivity index (χ3v) is 9.14. The van der Waals surface area contributed by atoms with Crippen LogP contribution in [0.1, 0.15) is 79.6 Å². The monoisotopic (exact) mass is 666 g/mol. The average Bonchev–Trinajstić information content (AvgIpc) is 3.02. The van der Waals surface area contributed by atoms with Crippen molar-refractivity contribution in [3.05, 3.63) is 38.0 Å². The molecule has 0 aromatic heterocycles. The van der Waals surface area contributed by atoms with Crippen molar-refractivity contribution in [2.24, 2.45) is 21.7 Å². The standard InChI is InChI=1S/C37H66N2O8/c1-10-18-43-26-36(13-4,16-21-42-9)29-46-32(40)15-17-38-25-35(8)23-31(22-34(6,7)24-35)39-33(41)47-30-37(14-5,27-44-19-11-2)28-45-20-12-3/h10-12,31,38H,1-3,13-30H2,4-9H3,(H,39,41). The quantitative estimate of drug-likeness (QED) is 0.0596. The summed E-state index contributed by atoms with van der Waals surface area (Å²) >= 11 is 0. The van der Waals surface area contributed by atoms with Crippen molar-refractivity contribution in [2.75, 3.05) is 79.7 Å². The molecule has 0 saturated heterocycles. The molecule has 1 fully saturated rings. The van der Waals surface area contributed by atoms with Crippen molar-refractivity contribution in [3.63, 3.8) is 0 Å². The highest BCUT2D eigenvalue weighted by molar-refractivity contribution is 5.69. The normalized spacial score (nSPS) is 20.5. The Balaban J connectivity index is 2.67. The van der Waals surface area contributed by atoms with Gasteiger partial charge in [0.1, 0.15) is 6.61 Å². The molecule has 3 unspecified atom stereocenters. The van der Waals surface area contributed by atoms with Gasteiger partial charge in [0.25, 0.3) is 0 Å². The van der Waals surface area contributed by atoms with Crippen molar-refractivity contribution in [1.29, 1.82) is 0 Å². The third kappa shape index (κ3) is 17.1. The van der Waals surface area contributed by atoms with Gasteiger partial charge in [-0.1, -0.05) is 52.8 Å². The Bertz CT molecular complexity index is 927. The summed E-state index contributed by atoms with van der Waals surface area (Å²) in [6, 6.07) is -0.0364. The number of ether oxygens (including phenoxy) is 6. The van der Waals surface area contributed by atoms with Crippen LogP contribution < -0.4 is 10.6 Å². The number of hydrogen-bond acceptors (Lipinski definition) is 9. The van der Waals surface area contributed by atoms with E-state index in [1.165, 1.54) is 0 Å². The molecule has 0 heterocycles. The van der Waals surface area contributed by atoms with Crippen molar-refractivity contribution in [1.82, 2.24) is 10.6 Å². The zero-order valence-electron chi connectivity index (χ0n) is 30.4. The van der Waals surface area contributed by atoms with E-state index in [-0.39, 0.29) is 41.3 Å². The number of methoxy groups -OCH3 is 1. The molecule has 47 heavy (non-hydrogen) atoms. The zero-order chi connectivity index (χ0) is 35.2. The van der Waals surface area contributed by atoms with Gasteiger partial charge in [0, 0.05) is 38.3 Å². The summed E-state index contributed by atoms with van der Waals surface area (Å²) < 4.78 is 34.0. The Hall–Kier alpha value is -2.24. The SMILES string of the molecule is C=CCOCC(CC)(CCOC)COC(=O)CCNCC1(C)CC(NC(=O)OCC(CC)(COCC=C)COCC=C)CC(C)(C)C1. The molecule has 10 heteroatoms. The second-order valence-electron chi connectivity index (χ2n) is 14.4. The van der Waals surface area contributed by atoms with E-state index in [0.717, 1.165) is 45.1 Å². The van der Waals surface area contributed by atoms with Crippen molar-refractivity contribution in [2.45, 2.75) is 85.6 Å². The van der Waals surface area contributed by atoms with Crippen molar-refractivity contribution < 1.29 is 38.0 Å². The van der Waals surface area contributed by atoms with Crippen LogP contribution in [-0.2, 0) is 33.2 Å². The van der Waals surface area contributed by atoms with E-state index in [2.05, 4.69) is 58.1 Å². The van der Waals surface area contributed by atoms with Gasteiger partial charge in [0.15, 0.2) is 0 Å². The molecule has 0 radical (unpaired) electrons. The van der Waals surface area contributed by atoms with Gasteiger partial charge in [0.05, 0.1) is 58.1 Å². The summed E-state index contributed by atoms with van der Waals surface area (Å²) in [5, 5.41) is 6.62. The average molecular weight is 667 g/mol. The predicted molar refractivity (Wildman–Crippen MR) is 187 cm³/mol. The van der Waals surface area contributed by atoms with Crippen LogP contribution in [0.3, 0.4) is 0 Å². The van der Waals surface area contributed by atoms with Gasteiger partial charge in [-0.05, 0) is 49.4 Å². The predicted octanol–water partition coefficient (Wildman–Crippen LogP) is 6.26. The zero-order valence-corrected chi connectivity index (χ0v) is 30.4. The molecular weight excluding hydrogens is 600 g/mol. The molecule has 2 N–H and O–H groups in total. The van der Waals surface area contributed by atoms with Crippen LogP contribution in [0.25, 0.3) is 0 Å². The van der Waals surface area contributed by atoms with Crippen LogP contribution in [0.5, 0.6) is 0 Å². The summed E-state index contributed by atoms with van der Waals surface area (Å²) in [6.07, 6.45) is 9.89. The molecule has 1 saturated carbocycles. The molecule has 0 aromatic rings. The van der Waals surface area contributed by atoms with E-state index >= 15 is 0 Å². The number of nitrogens with one attached hydrogen (secondary N) is 2. The second kappa shape index (κ2) is 22.4. The van der Waals surface area contributed by atoms with E-state index in [4.69, 9.17) is 28.4 Å². The molecule has 0 bridgehead atoms. The Morgan fingerprint density at radius 1 is 0.830 bits per heavy atom. The molecule has 3 atom stereocenters. The van der Waals surface area contributed by atoms with Crippen LogP contribution in [0.2, 0.25) is 0 Å². The van der Waals surface area contributed by atoms with Gasteiger partial charge in [-0.15, -0.1) is 19.7 Å². The maximum atomic E-state index is 13.0. The lowest BCUT2D eigenvalue weighted by Crippen LogP contribution is -2.50. The molecule has 0 aromatic carbocycles. The van der Waals surface area contributed by atoms with Crippen LogP contribution in [0.4, 0.5) is 4.79 Å². The highest BCUT2D eigenvalue weighted by Gasteiger charge is 2.42. The first-order valence-corrected chi connectivity index (χ1v) is 17.2. The molecular formula is C37H66N2O8. The Kier molecular flexibility index (Phi) is 20.4. The highest BCUT2D eigenvalue weighted by atomic mass is 16.6. The van der Waals surface area contributed by atoms with E-state index in [9.17, 15) is 9.59 Å². The number of carbonyl (C=O) groups is 2. The second-order valence-corrected chi connectivity index (χ2v) is 14.4. The molecule has 1 aliphatic carbocycles. The Morgan fingerprint density at radius 3 is 1.91 bits per heavy atom. The van der Waals surface area contributed by atoms with Gasteiger partial charge in [0.2, 0.25) is 0 Å². The molecule has 272 valence electrons. The lowest BCUT2D eigenvalue weighted by molar-refractivity contribution is -0.149. The van der Waals surface area contributed by atoms with Gasteiger partial charge in [-0.3, -0.25) is 4.79 Å². The number of amides is 1. The number of rotatable bonds is 27. The van der Waals surface area contributed by atoms with E-state index < -0.39 is 11.5 Å². The largest absolute Gasteiger partial charge is 0.465 e. The molecule has 1 rings (SSSR count). The van der Waals surface area contributed by atoms with E-state index in [1.807, 2.05) is 6.92 Å². The fourth-order valence-electron chi connectivity index (χ4n) is 6.58. The van der Waals surface area contributed by atoms with Crippen LogP contribution in [0.15, 0.2) is 38.0 Å². The van der Waals surface area contributed by atoms with E-state index in [1.54, 1.807) is 25.3 Å². The minimum atomic E-state index is -0.462. The maximum absolute atomic E-state index is 13.0. The van der Waals surface area contributed by atoms with Crippen LogP contribution in [0, 0.1) is 21.7 Å².